The molecule has 5 nitrogen and oxygen atoms in total. The van der Waals surface area contributed by atoms with Gasteiger partial charge in [0.1, 0.15) is 12.4 Å². The number of rotatable bonds is 6. The summed E-state index contributed by atoms with van der Waals surface area (Å²) >= 11 is 1.60. The van der Waals surface area contributed by atoms with Gasteiger partial charge in [0.25, 0.3) is 0 Å². The van der Waals surface area contributed by atoms with Crippen molar-refractivity contribution in [2.45, 2.75) is 43.1 Å². The summed E-state index contributed by atoms with van der Waals surface area (Å²) in [6.07, 6.45) is 2.25. The van der Waals surface area contributed by atoms with Crippen molar-refractivity contribution < 1.29 is 4.79 Å². The maximum absolute atomic E-state index is 11.3. The zero-order valence-corrected chi connectivity index (χ0v) is 12.8. The van der Waals surface area contributed by atoms with Crippen LogP contribution in [0.4, 0.5) is 0 Å². The topological polar surface area (TPSA) is 73.8 Å². The standard InChI is InChI=1S/C15H18N4OS/c1-10-4-2-3-5-12(10)9-21-15-18-17-14(11-6-7-11)19(15)8-13(16)20/h2-5,11H,6-9H2,1H3,(H2,16,20). The number of benzene rings is 1. The number of aryl methyl sites for hydroxylation is 1. The molecule has 0 unspecified atom stereocenters. The van der Waals surface area contributed by atoms with Gasteiger partial charge in [0, 0.05) is 11.7 Å². The van der Waals surface area contributed by atoms with Crippen LogP contribution in [0.15, 0.2) is 29.4 Å². The zero-order chi connectivity index (χ0) is 14.8. The molecule has 2 aromatic rings. The van der Waals surface area contributed by atoms with Crippen LogP contribution in [0.2, 0.25) is 0 Å². The molecule has 1 aliphatic rings. The van der Waals surface area contributed by atoms with E-state index in [2.05, 4.69) is 29.3 Å². The van der Waals surface area contributed by atoms with Gasteiger partial charge in [0.05, 0.1) is 0 Å². The molecule has 110 valence electrons. The van der Waals surface area contributed by atoms with Crippen LogP contribution in [-0.4, -0.2) is 20.7 Å². The summed E-state index contributed by atoms with van der Waals surface area (Å²) in [5.41, 5.74) is 7.87. The average Bonchev–Trinajstić information content (AvgIpc) is 3.21. The van der Waals surface area contributed by atoms with Crippen LogP contribution in [0.3, 0.4) is 0 Å². The van der Waals surface area contributed by atoms with Crippen molar-refractivity contribution in [3.63, 3.8) is 0 Å². The lowest BCUT2D eigenvalue weighted by atomic mass is 10.1. The summed E-state index contributed by atoms with van der Waals surface area (Å²) in [7, 11) is 0. The first-order chi connectivity index (χ1) is 10.1. The van der Waals surface area contributed by atoms with Crippen LogP contribution in [0.1, 0.15) is 35.7 Å². The number of hydrogen-bond acceptors (Lipinski definition) is 4. The molecule has 1 heterocycles. The second-order valence-electron chi connectivity index (χ2n) is 5.38. The van der Waals surface area contributed by atoms with Crippen molar-refractivity contribution in [3.8, 4) is 0 Å². The van der Waals surface area contributed by atoms with Gasteiger partial charge in [-0.3, -0.25) is 9.36 Å². The fraction of sp³-hybridized carbons (Fsp3) is 0.400. The highest BCUT2D eigenvalue weighted by atomic mass is 32.2. The van der Waals surface area contributed by atoms with Crippen LogP contribution in [-0.2, 0) is 17.1 Å². The molecule has 21 heavy (non-hydrogen) atoms. The molecule has 1 aliphatic carbocycles. The Morgan fingerprint density at radius 2 is 2.14 bits per heavy atom. The highest BCUT2D eigenvalue weighted by molar-refractivity contribution is 7.98. The van der Waals surface area contributed by atoms with Gasteiger partial charge in [-0.1, -0.05) is 36.0 Å². The van der Waals surface area contributed by atoms with Crippen LogP contribution in [0, 0.1) is 6.92 Å². The molecule has 1 aromatic heterocycles. The molecule has 3 rings (SSSR count). The smallest absolute Gasteiger partial charge is 0.237 e. The van der Waals surface area contributed by atoms with E-state index in [1.165, 1.54) is 11.1 Å². The molecule has 2 N–H and O–H groups in total. The minimum Gasteiger partial charge on any atom is -0.368 e. The Hall–Kier alpha value is -1.82. The summed E-state index contributed by atoms with van der Waals surface area (Å²) in [5.74, 6) is 1.81. The summed E-state index contributed by atoms with van der Waals surface area (Å²) in [6, 6.07) is 8.27. The van der Waals surface area contributed by atoms with E-state index in [1.807, 2.05) is 16.7 Å². The molecule has 6 heteroatoms. The molecule has 0 bridgehead atoms. The molecule has 1 aromatic carbocycles. The Labute approximate surface area is 127 Å². The molecule has 1 fully saturated rings. The first kappa shape index (κ1) is 14.1. The van der Waals surface area contributed by atoms with Gasteiger partial charge >= 0.3 is 0 Å². The molecule has 0 spiro atoms. The van der Waals surface area contributed by atoms with Gasteiger partial charge in [-0.25, -0.2) is 0 Å². The minimum atomic E-state index is -0.352. The number of carbonyl (C=O) groups is 1. The fourth-order valence-corrected chi connectivity index (χ4v) is 3.29. The van der Waals surface area contributed by atoms with E-state index in [0.29, 0.717) is 5.92 Å². The molecular weight excluding hydrogens is 284 g/mol. The number of nitrogens with two attached hydrogens (primary N) is 1. The number of aromatic nitrogens is 3. The van der Waals surface area contributed by atoms with Gasteiger partial charge in [0.2, 0.25) is 5.91 Å². The summed E-state index contributed by atoms with van der Waals surface area (Å²) in [4.78, 5) is 11.3. The lowest BCUT2D eigenvalue weighted by Gasteiger charge is -2.08. The Morgan fingerprint density at radius 3 is 2.81 bits per heavy atom. The van der Waals surface area contributed by atoms with E-state index in [9.17, 15) is 4.79 Å². The summed E-state index contributed by atoms with van der Waals surface area (Å²) in [6.45, 7) is 2.26. The monoisotopic (exact) mass is 302 g/mol. The highest BCUT2D eigenvalue weighted by Crippen LogP contribution is 2.40. The van der Waals surface area contributed by atoms with E-state index in [-0.39, 0.29) is 12.5 Å². The van der Waals surface area contributed by atoms with Gasteiger partial charge in [-0.15, -0.1) is 10.2 Å². The summed E-state index contributed by atoms with van der Waals surface area (Å²) in [5, 5.41) is 9.27. The second kappa shape index (κ2) is 5.89. The number of primary amides is 1. The third-order valence-corrected chi connectivity index (χ3v) is 4.64. The highest BCUT2D eigenvalue weighted by Gasteiger charge is 2.30. The van der Waals surface area contributed by atoms with Crippen molar-refractivity contribution in [3.05, 3.63) is 41.2 Å². The normalized spacial score (nSPS) is 14.3. The molecule has 0 aliphatic heterocycles. The molecule has 0 atom stereocenters. The quantitative estimate of drug-likeness (QED) is 0.831. The number of carbonyl (C=O) groups excluding carboxylic acids is 1. The SMILES string of the molecule is Cc1ccccc1CSc1nnc(C2CC2)n1CC(N)=O. The van der Waals surface area contributed by atoms with Crippen LogP contribution >= 0.6 is 11.8 Å². The number of amides is 1. The predicted octanol–water partition coefficient (Wildman–Crippen LogP) is 2.24. The number of hydrogen-bond donors (Lipinski definition) is 1. The minimum absolute atomic E-state index is 0.162. The zero-order valence-electron chi connectivity index (χ0n) is 12.0. The predicted molar refractivity (Wildman–Crippen MR) is 81.9 cm³/mol. The van der Waals surface area contributed by atoms with E-state index >= 15 is 0 Å². The van der Waals surface area contributed by atoms with Gasteiger partial charge in [-0.05, 0) is 30.9 Å². The average molecular weight is 302 g/mol. The van der Waals surface area contributed by atoms with Crippen LogP contribution in [0.5, 0.6) is 0 Å². The Balaban J connectivity index is 1.78. The first-order valence-electron chi connectivity index (χ1n) is 7.04. The van der Waals surface area contributed by atoms with Crippen molar-refractivity contribution in [1.82, 2.24) is 14.8 Å². The number of thioether (sulfide) groups is 1. The number of nitrogens with zero attached hydrogens (tertiary/aromatic N) is 3. The molecule has 1 amide bonds. The second-order valence-corrected chi connectivity index (χ2v) is 6.33. The molecule has 0 saturated heterocycles. The Kier molecular flexibility index (Phi) is 3.96. The van der Waals surface area contributed by atoms with Crippen molar-refractivity contribution >= 4 is 17.7 Å². The van der Waals surface area contributed by atoms with Gasteiger partial charge in [-0.2, -0.15) is 0 Å². The maximum atomic E-state index is 11.3. The lowest BCUT2D eigenvalue weighted by molar-refractivity contribution is -0.118. The fourth-order valence-electron chi connectivity index (χ4n) is 2.27. The van der Waals surface area contributed by atoms with Crippen LogP contribution < -0.4 is 5.73 Å². The largest absolute Gasteiger partial charge is 0.368 e. The third-order valence-electron chi connectivity index (χ3n) is 3.62. The molecule has 0 radical (unpaired) electrons. The van der Waals surface area contributed by atoms with Gasteiger partial charge in [0.15, 0.2) is 5.16 Å². The Bertz CT molecular complexity index is 663. The van der Waals surface area contributed by atoms with E-state index in [0.717, 1.165) is 29.6 Å². The third kappa shape index (κ3) is 3.26. The first-order valence-corrected chi connectivity index (χ1v) is 8.02. The lowest BCUT2D eigenvalue weighted by Crippen LogP contribution is -2.20. The van der Waals surface area contributed by atoms with E-state index in [4.69, 9.17) is 5.73 Å². The Morgan fingerprint density at radius 1 is 1.38 bits per heavy atom. The van der Waals surface area contributed by atoms with E-state index in [1.54, 1.807) is 11.8 Å². The summed E-state index contributed by atoms with van der Waals surface area (Å²) < 4.78 is 1.88. The van der Waals surface area contributed by atoms with Crippen LogP contribution in [0.25, 0.3) is 0 Å². The maximum Gasteiger partial charge on any atom is 0.237 e. The molecular formula is C15H18N4OS. The van der Waals surface area contributed by atoms with Crippen molar-refractivity contribution in [1.29, 1.82) is 0 Å². The van der Waals surface area contributed by atoms with Gasteiger partial charge < -0.3 is 5.73 Å². The van der Waals surface area contributed by atoms with E-state index < -0.39 is 0 Å². The van der Waals surface area contributed by atoms with Crippen molar-refractivity contribution in [2.75, 3.05) is 0 Å². The molecule has 1 saturated carbocycles. The van der Waals surface area contributed by atoms with Crippen molar-refractivity contribution in [2.24, 2.45) is 5.73 Å².